The molecule has 1 unspecified atom stereocenters. The van der Waals surface area contributed by atoms with Gasteiger partial charge in [0.25, 0.3) is 0 Å². The van der Waals surface area contributed by atoms with Crippen LogP contribution in [0, 0.1) is 6.92 Å². The third-order valence-electron chi connectivity index (χ3n) is 2.69. The van der Waals surface area contributed by atoms with Gasteiger partial charge in [-0.1, -0.05) is 22.0 Å². The van der Waals surface area contributed by atoms with Gasteiger partial charge in [-0.2, -0.15) is 11.8 Å². The Morgan fingerprint density at radius 3 is 2.86 bits per heavy atom. The molecule has 1 aliphatic heterocycles. The Labute approximate surface area is 97.0 Å². The maximum Gasteiger partial charge on any atom is 0.0996 e. The minimum atomic E-state index is -0.588. The molecule has 0 amide bonds. The quantitative estimate of drug-likeness (QED) is 0.848. The monoisotopic (exact) mass is 272 g/mol. The second-order valence-electron chi connectivity index (χ2n) is 3.79. The van der Waals surface area contributed by atoms with Crippen LogP contribution < -0.4 is 0 Å². The standard InChI is InChI=1S/C11H13BrOS/c1-8-6-9(12)2-3-10(8)11(13)4-5-14-7-11/h2-3,6,13H,4-5,7H2,1H3. The molecular formula is C11H13BrOS. The van der Waals surface area contributed by atoms with Gasteiger partial charge in [-0.15, -0.1) is 0 Å². The van der Waals surface area contributed by atoms with E-state index >= 15 is 0 Å². The molecule has 0 bridgehead atoms. The summed E-state index contributed by atoms with van der Waals surface area (Å²) in [5, 5.41) is 10.4. The molecule has 1 atom stereocenters. The van der Waals surface area contributed by atoms with Crippen molar-refractivity contribution in [3.05, 3.63) is 33.8 Å². The van der Waals surface area contributed by atoms with E-state index in [-0.39, 0.29) is 0 Å². The van der Waals surface area contributed by atoms with Gasteiger partial charge in [-0.05, 0) is 42.4 Å². The first kappa shape index (κ1) is 10.5. The van der Waals surface area contributed by atoms with E-state index in [1.54, 1.807) is 0 Å². The van der Waals surface area contributed by atoms with Crippen LogP contribution in [0.2, 0.25) is 0 Å². The second-order valence-corrected chi connectivity index (χ2v) is 5.81. The summed E-state index contributed by atoms with van der Waals surface area (Å²) in [6.45, 7) is 2.06. The van der Waals surface area contributed by atoms with Crippen molar-refractivity contribution in [2.75, 3.05) is 11.5 Å². The van der Waals surface area contributed by atoms with Gasteiger partial charge in [0.15, 0.2) is 0 Å². The molecule has 1 aromatic rings. The van der Waals surface area contributed by atoms with Gasteiger partial charge < -0.3 is 5.11 Å². The lowest BCUT2D eigenvalue weighted by Gasteiger charge is -2.24. The smallest absolute Gasteiger partial charge is 0.0996 e. The summed E-state index contributed by atoms with van der Waals surface area (Å²) in [6.07, 6.45) is 0.875. The first-order chi connectivity index (χ1) is 6.62. The van der Waals surface area contributed by atoms with Gasteiger partial charge >= 0.3 is 0 Å². The summed E-state index contributed by atoms with van der Waals surface area (Å²) in [5.74, 6) is 1.89. The van der Waals surface area contributed by atoms with E-state index in [1.165, 1.54) is 5.56 Å². The Balaban J connectivity index is 2.40. The van der Waals surface area contributed by atoms with Crippen LogP contribution in [0.1, 0.15) is 17.5 Å². The van der Waals surface area contributed by atoms with Crippen LogP contribution in [0.5, 0.6) is 0 Å². The predicted molar refractivity (Wildman–Crippen MR) is 64.7 cm³/mol. The minimum absolute atomic E-state index is 0.588. The Morgan fingerprint density at radius 1 is 1.50 bits per heavy atom. The predicted octanol–water partition coefficient (Wildman–Crippen LogP) is 3.08. The summed E-state index contributed by atoms with van der Waals surface area (Å²) in [4.78, 5) is 0. The number of rotatable bonds is 1. The van der Waals surface area contributed by atoms with Crippen molar-refractivity contribution in [2.24, 2.45) is 0 Å². The van der Waals surface area contributed by atoms with Crippen LogP contribution in [0.3, 0.4) is 0 Å². The Hall–Kier alpha value is 0.01000. The zero-order valence-corrected chi connectivity index (χ0v) is 10.5. The molecule has 3 heteroatoms. The molecule has 1 aromatic carbocycles. The van der Waals surface area contributed by atoms with Crippen molar-refractivity contribution in [3.63, 3.8) is 0 Å². The van der Waals surface area contributed by atoms with Crippen LogP contribution in [0.4, 0.5) is 0 Å². The average Bonchev–Trinajstić information content (AvgIpc) is 2.52. The van der Waals surface area contributed by atoms with Crippen LogP contribution in [0.15, 0.2) is 22.7 Å². The molecule has 1 fully saturated rings. The highest BCUT2D eigenvalue weighted by atomic mass is 79.9. The normalized spacial score (nSPS) is 26.8. The lowest BCUT2D eigenvalue weighted by atomic mass is 9.90. The van der Waals surface area contributed by atoms with Crippen molar-refractivity contribution < 1.29 is 5.11 Å². The zero-order valence-electron chi connectivity index (χ0n) is 8.09. The first-order valence-electron chi connectivity index (χ1n) is 4.69. The number of hydrogen-bond acceptors (Lipinski definition) is 2. The molecule has 0 radical (unpaired) electrons. The van der Waals surface area contributed by atoms with Crippen molar-refractivity contribution in [1.82, 2.24) is 0 Å². The molecular weight excluding hydrogens is 260 g/mol. The average molecular weight is 273 g/mol. The highest BCUT2D eigenvalue weighted by molar-refractivity contribution is 9.10. The fraction of sp³-hybridized carbons (Fsp3) is 0.455. The van der Waals surface area contributed by atoms with Gasteiger partial charge in [-0.3, -0.25) is 0 Å². The Bertz CT molecular complexity index is 345. The number of hydrogen-bond donors (Lipinski definition) is 1. The van der Waals surface area contributed by atoms with Gasteiger partial charge in [0.05, 0.1) is 5.60 Å². The third kappa shape index (κ3) is 1.86. The van der Waals surface area contributed by atoms with E-state index in [1.807, 2.05) is 23.9 Å². The highest BCUT2D eigenvalue weighted by Crippen LogP contribution is 2.38. The van der Waals surface area contributed by atoms with E-state index in [4.69, 9.17) is 0 Å². The van der Waals surface area contributed by atoms with Gasteiger partial charge in [0.1, 0.15) is 0 Å². The molecule has 0 saturated carbocycles. The largest absolute Gasteiger partial charge is 0.384 e. The fourth-order valence-electron chi connectivity index (χ4n) is 1.92. The molecule has 1 N–H and O–H groups in total. The van der Waals surface area contributed by atoms with Crippen molar-refractivity contribution in [3.8, 4) is 0 Å². The first-order valence-corrected chi connectivity index (χ1v) is 6.63. The zero-order chi connectivity index (χ0) is 10.2. The molecule has 2 rings (SSSR count). The van der Waals surface area contributed by atoms with Crippen molar-refractivity contribution in [1.29, 1.82) is 0 Å². The molecule has 14 heavy (non-hydrogen) atoms. The van der Waals surface area contributed by atoms with E-state index in [0.29, 0.717) is 0 Å². The van der Waals surface area contributed by atoms with Crippen molar-refractivity contribution in [2.45, 2.75) is 18.9 Å². The lowest BCUT2D eigenvalue weighted by molar-refractivity contribution is 0.0651. The maximum atomic E-state index is 10.4. The van der Waals surface area contributed by atoms with Crippen LogP contribution >= 0.6 is 27.7 Å². The topological polar surface area (TPSA) is 20.2 Å². The highest BCUT2D eigenvalue weighted by Gasteiger charge is 2.34. The fourth-order valence-corrected chi connectivity index (χ4v) is 3.66. The van der Waals surface area contributed by atoms with Gasteiger partial charge in [0.2, 0.25) is 0 Å². The summed E-state index contributed by atoms with van der Waals surface area (Å²) in [5.41, 5.74) is 1.67. The van der Waals surface area contributed by atoms with Gasteiger partial charge in [-0.25, -0.2) is 0 Å². The number of halogens is 1. The molecule has 0 aromatic heterocycles. The number of aliphatic hydroxyl groups is 1. The van der Waals surface area contributed by atoms with E-state index < -0.39 is 5.60 Å². The molecule has 1 aliphatic rings. The van der Waals surface area contributed by atoms with E-state index in [0.717, 1.165) is 28.0 Å². The van der Waals surface area contributed by atoms with E-state index in [2.05, 4.69) is 28.9 Å². The number of thioether (sulfide) groups is 1. The summed E-state index contributed by atoms with van der Waals surface area (Å²) < 4.78 is 1.08. The lowest BCUT2D eigenvalue weighted by Crippen LogP contribution is -2.25. The molecule has 1 heterocycles. The molecule has 1 saturated heterocycles. The van der Waals surface area contributed by atoms with Crippen LogP contribution in [-0.2, 0) is 5.60 Å². The molecule has 1 nitrogen and oxygen atoms in total. The van der Waals surface area contributed by atoms with Crippen LogP contribution in [0.25, 0.3) is 0 Å². The van der Waals surface area contributed by atoms with Gasteiger partial charge in [0, 0.05) is 10.2 Å². The summed E-state index contributed by atoms with van der Waals surface area (Å²) in [7, 11) is 0. The molecule has 0 aliphatic carbocycles. The van der Waals surface area contributed by atoms with Crippen LogP contribution in [-0.4, -0.2) is 16.6 Å². The molecule has 0 spiro atoms. The summed E-state index contributed by atoms with van der Waals surface area (Å²) >= 11 is 5.26. The Morgan fingerprint density at radius 2 is 2.29 bits per heavy atom. The maximum absolute atomic E-state index is 10.4. The SMILES string of the molecule is Cc1cc(Br)ccc1C1(O)CCSC1. The van der Waals surface area contributed by atoms with E-state index in [9.17, 15) is 5.11 Å². The number of benzene rings is 1. The number of aryl methyl sites for hydroxylation is 1. The summed E-state index contributed by atoms with van der Waals surface area (Å²) in [6, 6.07) is 6.10. The molecule has 76 valence electrons. The third-order valence-corrected chi connectivity index (χ3v) is 4.36. The second kappa shape index (κ2) is 3.87. The van der Waals surface area contributed by atoms with Crippen molar-refractivity contribution >= 4 is 27.7 Å². The Kier molecular flexibility index (Phi) is 2.91. The minimum Gasteiger partial charge on any atom is -0.384 e.